The maximum atomic E-state index is 12.2. The SMILES string of the molecule is COc1ccc2c(c1)CC/C2=N/OC(=O)c1ccc(C(C)(C)C)cc1. The number of methoxy groups -OCH3 is 1. The normalized spacial score (nSPS) is 15.1. The maximum absolute atomic E-state index is 12.2. The van der Waals surface area contributed by atoms with Crippen LogP contribution in [0.1, 0.15) is 54.2 Å². The van der Waals surface area contributed by atoms with Crippen LogP contribution < -0.4 is 4.74 Å². The summed E-state index contributed by atoms with van der Waals surface area (Å²) in [6.45, 7) is 6.41. The van der Waals surface area contributed by atoms with E-state index in [2.05, 4.69) is 25.9 Å². The van der Waals surface area contributed by atoms with Crippen LogP contribution in [0.15, 0.2) is 47.6 Å². The number of rotatable bonds is 3. The lowest BCUT2D eigenvalue weighted by Gasteiger charge is -2.18. The lowest BCUT2D eigenvalue weighted by molar-refractivity contribution is 0.0516. The van der Waals surface area contributed by atoms with Gasteiger partial charge < -0.3 is 9.57 Å². The highest BCUT2D eigenvalue weighted by Crippen LogP contribution is 2.27. The van der Waals surface area contributed by atoms with Gasteiger partial charge >= 0.3 is 5.97 Å². The molecule has 0 radical (unpaired) electrons. The highest BCUT2D eigenvalue weighted by Gasteiger charge is 2.20. The van der Waals surface area contributed by atoms with E-state index in [0.29, 0.717) is 5.56 Å². The Balaban J connectivity index is 1.72. The van der Waals surface area contributed by atoms with Crippen molar-refractivity contribution in [3.63, 3.8) is 0 Å². The number of hydrogen-bond acceptors (Lipinski definition) is 4. The second-order valence-electron chi connectivity index (χ2n) is 7.27. The molecule has 0 amide bonds. The van der Waals surface area contributed by atoms with Crippen LogP contribution in [0, 0.1) is 0 Å². The summed E-state index contributed by atoms with van der Waals surface area (Å²) in [5.41, 5.74) is 4.73. The van der Waals surface area contributed by atoms with E-state index in [1.54, 1.807) is 19.2 Å². The summed E-state index contributed by atoms with van der Waals surface area (Å²) < 4.78 is 5.24. The molecule has 0 bridgehead atoms. The standard InChI is InChI=1S/C21H23NO3/c1-21(2,3)16-8-5-14(6-9-16)20(23)25-22-19-12-7-15-13-17(24-4)10-11-18(15)19/h5-6,8-11,13H,7,12H2,1-4H3/b22-19-. The third kappa shape index (κ3) is 3.73. The van der Waals surface area contributed by atoms with Gasteiger partial charge in [0.1, 0.15) is 5.75 Å². The van der Waals surface area contributed by atoms with Crippen molar-refractivity contribution in [2.45, 2.75) is 39.0 Å². The van der Waals surface area contributed by atoms with Crippen molar-refractivity contribution in [2.24, 2.45) is 5.16 Å². The van der Waals surface area contributed by atoms with Crippen LogP contribution in [0.25, 0.3) is 0 Å². The van der Waals surface area contributed by atoms with E-state index >= 15 is 0 Å². The topological polar surface area (TPSA) is 47.9 Å². The molecular formula is C21H23NO3. The summed E-state index contributed by atoms with van der Waals surface area (Å²) in [7, 11) is 1.65. The first kappa shape index (κ1) is 17.2. The first-order chi connectivity index (χ1) is 11.9. The molecule has 0 spiro atoms. The van der Waals surface area contributed by atoms with E-state index in [-0.39, 0.29) is 5.41 Å². The van der Waals surface area contributed by atoms with Crippen molar-refractivity contribution < 1.29 is 14.4 Å². The third-order valence-electron chi connectivity index (χ3n) is 4.48. The summed E-state index contributed by atoms with van der Waals surface area (Å²) in [6.07, 6.45) is 1.64. The molecule has 0 unspecified atom stereocenters. The molecule has 3 rings (SSSR count). The summed E-state index contributed by atoms with van der Waals surface area (Å²) in [6, 6.07) is 13.4. The number of carbonyl (C=O) groups excluding carboxylic acids is 1. The molecule has 130 valence electrons. The van der Waals surface area contributed by atoms with Crippen LogP contribution in [-0.4, -0.2) is 18.8 Å². The molecule has 0 heterocycles. The van der Waals surface area contributed by atoms with E-state index in [1.165, 1.54) is 11.1 Å². The second-order valence-corrected chi connectivity index (χ2v) is 7.27. The average Bonchev–Trinajstić information content (AvgIpc) is 3.01. The molecule has 0 N–H and O–H groups in total. The third-order valence-corrected chi connectivity index (χ3v) is 4.48. The van der Waals surface area contributed by atoms with Gasteiger partial charge in [-0.3, -0.25) is 0 Å². The Kier molecular flexibility index (Phi) is 4.62. The van der Waals surface area contributed by atoms with Gasteiger partial charge in [-0.1, -0.05) is 38.1 Å². The van der Waals surface area contributed by atoms with Crippen LogP contribution in [0.4, 0.5) is 0 Å². The monoisotopic (exact) mass is 337 g/mol. The lowest BCUT2D eigenvalue weighted by atomic mass is 9.87. The van der Waals surface area contributed by atoms with Gasteiger partial charge in [0, 0.05) is 5.56 Å². The number of oxime groups is 1. The Morgan fingerprint density at radius 3 is 2.40 bits per heavy atom. The first-order valence-electron chi connectivity index (χ1n) is 8.44. The molecule has 2 aromatic carbocycles. The van der Waals surface area contributed by atoms with Gasteiger partial charge in [-0.25, -0.2) is 4.79 Å². The second kappa shape index (κ2) is 6.71. The van der Waals surface area contributed by atoms with E-state index in [4.69, 9.17) is 9.57 Å². The molecule has 1 aliphatic carbocycles. The first-order valence-corrected chi connectivity index (χ1v) is 8.44. The zero-order valence-electron chi connectivity index (χ0n) is 15.1. The Hall–Kier alpha value is -2.62. The minimum absolute atomic E-state index is 0.0529. The molecule has 1 aliphatic rings. The van der Waals surface area contributed by atoms with Crippen LogP contribution in [-0.2, 0) is 16.7 Å². The fourth-order valence-corrected chi connectivity index (χ4v) is 2.92. The number of nitrogens with zero attached hydrogens (tertiary/aromatic N) is 1. The van der Waals surface area contributed by atoms with E-state index < -0.39 is 5.97 Å². The predicted molar refractivity (Wildman–Crippen MR) is 98.4 cm³/mol. The molecule has 0 saturated carbocycles. The minimum atomic E-state index is -0.435. The number of hydrogen-bond donors (Lipinski definition) is 0. The molecule has 0 atom stereocenters. The molecule has 0 aliphatic heterocycles. The molecule has 0 saturated heterocycles. The summed E-state index contributed by atoms with van der Waals surface area (Å²) in [4.78, 5) is 17.4. The van der Waals surface area contributed by atoms with Crippen molar-refractivity contribution in [3.8, 4) is 5.75 Å². The Bertz CT molecular complexity index is 814. The van der Waals surface area contributed by atoms with Gasteiger partial charge in [0.05, 0.1) is 18.4 Å². The van der Waals surface area contributed by atoms with Gasteiger partial charge in [0.2, 0.25) is 0 Å². The number of fused-ring (bicyclic) bond motifs is 1. The fourth-order valence-electron chi connectivity index (χ4n) is 2.92. The number of ether oxygens (including phenoxy) is 1. The molecule has 25 heavy (non-hydrogen) atoms. The highest BCUT2D eigenvalue weighted by molar-refractivity contribution is 6.04. The van der Waals surface area contributed by atoms with Crippen LogP contribution in [0.5, 0.6) is 5.75 Å². The molecular weight excluding hydrogens is 314 g/mol. The maximum Gasteiger partial charge on any atom is 0.365 e. The predicted octanol–water partition coefficient (Wildman–Crippen LogP) is 4.50. The quantitative estimate of drug-likeness (QED) is 0.612. The Morgan fingerprint density at radius 2 is 1.76 bits per heavy atom. The smallest absolute Gasteiger partial charge is 0.365 e. The van der Waals surface area contributed by atoms with E-state index in [0.717, 1.165) is 29.9 Å². The summed E-state index contributed by atoms with van der Waals surface area (Å²) in [5, 5.41) is 4.09. The van der Waals surface area contributed by atoms with Crippen LogP contribution in [0.3, 0.4) is 0 Å². The van der Waals surface area contributed by atoms with E-state index in [1.807, 2.05) is 30.3 Å². The Labute approximate surface area is 148 Å². The molecule has 0 fully saturated rings. The molecule has 4 nitrogen and oxygen atoms in total. The fraction of sp³-hybridized carbons (Fsp3) is 0.333. The van der Waals surface area contributed by atoms with Crippen LogP contribution >= 0.6 is 0 Å². The van der Waals surface area contributed by atoms with Crippen molar-refractivity contribution in [1.29, 1.82) is 0 Å². The van der Waals surface area contributed by atoms with Crippen molar-refractivity contribution in [3.05, 3.63) is 64.7 Å². The minimum Gasteiger partial charge on any atom is -0.497 e. The zero-order chi connectivity index (χ0) is 18.0. The van der Waals surface area contributed by atoms with Gasteiger partial charge in [-0.05, 0) is 59.7 Å². The number of carbonyl (C=O) groups is 1. The molecule has 4 heteroatoms. The Morgan fingerprint density at radius 1 is 1.04 bits per heavy atom. The van der Waals surface area contributed by atoms with Gasteiger partial charge in [-0.2, -0.15) is 0 Å². The zero-order valence-corrected chi connectivity index (χ0v) is 15.1. The molecule has 0 aromatic heterocycles. The van der Waals surface area contributed by atoms with E-state index in [9.17, 15) is 4.79 Å². The van der Waals surface area contributed by atoms with Crippen LogP contribution in [0.2, 0.25) is 0 Å². The largest absolute Gasteiger partial charge is 0.497 e. The number of benzene rings is 2. The average molecular weight is 337 g/mol. The van der Waals surface area contributed by atoms with Crippen molar-refractivity contribution >= 4 is 11.7 Å². The van der Waals surface area contributed by atoms with Crippen molar-refractivity contribution in [1.82, 2.24) is 0 Å². The van der Waals surface area contributed by atoms with Gasteiger partial charge in [0.15, 0.2) is 0 Å². The summed E-state index contributed by atoms with van der Waals surface area (Å²) >= 11 is 0. The summed E-state index contributed by atoms with van der Waals surface area (Å²) in [5.74, 6) is 0.394. The lowest BCUT2D eigenvalue weighted by Crippen LogP contribution is -2.11. The van der Waals surface area contributed by atoms with Gasteiger partial charge in [0.25, 0.3) is 0 Å². The van der Waals surface area contributed by atoms with Crippen molar-refractivity contribution in [2.75, 3.05) is 7.11 Å². The highest BCUT2D eigenvalue weighted by atomic mass is 16.7. The number of aryl methyl sites for hydroxylation is 1. The van der Waals surface area contributed by atoms with Gasteiger partial charge in [-0.15, -0.1) is 0 Å². The molecule has 2 aromatic rings.